The number of thiophene rings is 1. The topological polar surface area (TPSA) is 55.1 Å². The van der Waals surface area contributed by atoms with Gasteiger partial charge in [-0.1, -0.05) is 19.3 Å². The summed E-state index contributed by atoms with van der Waals surface area (Å²) >= 11 is 1.79. The Kier molecular flexibility index (Phi) is 4.41. The molecule has 3 nitrogen and oxygen atoms in total. The minimum Gasteiger partial charge on any atom is -0.351 e. The smallest absolute Gasteiger partial charge is 0.227 e. The van der Waals surface area contributed by atoms with E-state index in [0.29, 0.717) is 0 Å². The van der Waals surface area contributed by atoms with Crippen molar-refractivity contribution in [2.24, 2.45) is 5.73 Å². The van der Waals surface area contributed by atoms with Crippen molar-refractivity contribution < 1.29 is 4.79 Å². The zero-order valence-electron chi connectivity index (χ0n) is 11.9. The summed E-state index contributed by atoms with van der Waals surface area (Å²) in [5.41, 5.74) is 7.48. The van der Waals surface area contributed by atoms with Crippen molar-refractivity contribution in [2.45, 2.75) is 69.4 Å². The predicted molar refractivity (Wildman–Crippen MR) is 83.0 cm³/mol. The largest absolute Gasteiger partial charge is 0.351 e. The molecule has 0 aromatic carbocycles. The predicted octanol–water partition coefficient (Wildman–Crippen LogP) is 2.94. The molecule has 1 fully saturated rings. The normalized spacial score (nSPS) is 30.4. The van der Waals surface area contributed by atoms with E-state index in [2.05, 4.69) is 16.8 Å². The van der Waals surface area contributed by atoms with E-state index < -0.39 is 0 Å². The number of hydrogen-bond acceptors (Lipinski definition) is 3. The molecule has 3 unspecified atom stereocenters. The number of fused-ring (bicyclic) bond motifs is 1. The summed E-state index contributed by atoms with van der Waals surface area (Å²) in [4.78, 5) is 14.0. The Bertz CT molecular complexity index is 471. The molecule has 20 heavy (non-hydrogen) atoms. The van der Waals surface area contributed by atoms with Crippen LogP contribution in [0.2, 0.25) is 0 Å². The number of nitrogens with two attached hydrogens (primary N) is 1. The highest BCUT2D eigenvalue weighted by atomic mass is 32.1. The monoisotopic (exact) mass is 292 g/mol. The molecule has 4 heteroatoms. The fourth-order valence-electron chi connectivity index (χ4n) is 3.56. The molecular formula is C16H24N2OS. The number of carbonyl (C=O) groups excluding carboxylic acids is 1. The summed E-state index contributed by atoms with van der Waals surface area (Å²) < 4.78 is 0. The Labute approximate surface area is 124 Å². The quantitative estimate of drug-likeness (QED) is 0.823. The Balaban J connectivity index is 1.68. The summed E-state index contributed by atoms with van der Waals surface area (Å²) in [6.07, 6.45) is 8.96. The van der Waals surface area contributed by atoms with Gasteiger partial charge in [0, 0.05) is 17.0 Å². The number of hydrogen-bond donors (Lipinski definition) is 2. The molecule has 110 valence electrons. The van der Waals surface area contributed by atoms with E-state index in [9.17, 15) is 4.79 Å². The van der Waals surface area contributed by atoms with Crippen LogP contribution in [0.15, 0.2) is 11.4 Å². The van der Waals surface area contributed by atoms with Crippen LogP contribution >= 0.6 is 11.3 Å². The molecule has 2 aliphatic rings. The molecular weight excluding hydrogens is 268 g/mol. The van der Waals surface area contributed by atoms with Gasteiger partial charge in [0.05, 0.1) is 5.92 Å². The van der Waals surface area contributed by atoms with Gasteiger partial charge in [-0.05, 0) is 49.1 Å². The molecule has 3 atom stereocenters. The van der Waals surface area contributed by atoms with Gasteiger partial charge in [0.1, 0.15) is 0 Å². The Hall–Kier alpha value is -0.870. The van der Waals surface area contributed by atoms with Gasteiger partial charge in [0.15, 0.2) is 0 Å². The van der Waals surface area contributed by atoms with Gasteiger partial charge in [0.2, 0.25) is 5.91 Å². The van der Waals surface area contributed by atoms with E-state index in [1.54, 1.807) is 11.3 Å². The summed E-state index contributed by atoms with van der Waals surface area (Å²) in [6.45, 7) is 0. The fraction of sp³-hybridized carbons (Fsp3) is 0.688. The van der Waals surface area contributed by atoms with Gasteiger partial charge >= 0.3 is 0 Å². The molecule has 1 aromatic heterocycles. The average molecular weight is 292 g/mol. The molecule has 0 bridgehead atoms. The molecule has 1 heterocycles. The lowest BCUT2D eigenvalue weighted by molar-refractivity contribution is -0.123. The van der Waals surface area contributed by atoms with Crippen LogP contribution < -0.4 is 11.1 Å². The fourth-order valence-corrected chi connectivity index (χ4v) is 4.55. The number of carbonyl (C=O) groups is 1. The highest BCUT2D eigenvalue weighted by Gasteiger charge is 2.30. The van der Waals surface area contributed by atoms with E-state index in [0.717, 1.165) is 32.1 Å². The molecule has 1 amide bonds. The maximum absolute atomic E-state index is 12.6. The molecule has 0 radical (unpaired) electrons. The van der Waals surface area contributed by atoms with Crippen molar-refractivity contribution >= 4 is 17.2 Å². The summed E-state index contributed by atoms with van der Waals surface area (Å²) in [7, 11) is 0. The van der Waals surface area contributed by atoms with Crippen LogP contribution in [0, 0.1) is 0 Å². The van der Waals surface area contributed by atoms with Crippen molar-refractivity contribution in [3.8, 4) is 0 Å². The zero-order valence-corrected chi connectivity index (χ0v) is 12.8. The molecule has 0 saturated heterocycles. The van der Waals surface area contributed by atoms with Crippen LogP contribution in [-0.2, 0) is 11.2 Å². The van der Waals surface area contributed by atoms with E-state index in [4.69, 9.17) is 5.73 Å². The van der Waals surface area contributed by atoms with Crippen LogP contribution in [0.5, 0.6) is 0 Å². The first-order valence-electron chi connectivity index (χ1n) is 7.88. The number of amides is 1. The van der Waals surface area contributed by atoms with Gasteiger partial charge in [-0.15, -0.1) is 11.3 Å². The molecule has 2 aliphatic carbocycles. The molecule has 0 spiro atoms. The van der Waals surface area contributed by atoms with E-state index in [1.807, 2.05) is 0 Å². The maximum Gasteiger partial charge on any atom is 0.227 e. The van der Waals surface area contributed by atoms with Crippen molar-refractivity contribution in [1.29, 1.82) is 0 Å². The number of aryl methyl sites for hydroxylation is 1. The van der Waals surface area contributed by atoms with Gasteiger partial charge in [0.25, 0.3) is 0 Å². The van der Waals surface area contributed by atoms with Crippen molar-refractivity contribution in [2.75, 3.05) is 0 Å². The Morgan fingerprint density at radius 2 is 2.05 bits per heavy atom. The Morgan fingerprint density at radius 3 is 2.95 bits per heavy atom. The van der Waals surface area contributed by atoms with Crippen LogP contribution in [-0.4, -0.2) is 18.0 Å². The van der Waals surface area contributed by atoms with Gasteiger partial charge in [-0.3, -0.25) is 4.79 Å². The maximum atomic E-state index is 12.6. The van der Waals surface area contributed by atoms with Gasteiger partial charge in [-0.2, -0.15) is 0 Å². The first-order chi connectivity index (χ1) is 9.75. The average Bonchev–Trinajstić information content (AvgIpc) is 2.84. The third kappa shape index (κ3) is 2.91. The highest BCUT2D eigenvalue weighted by molar-refractivity contribution is 7.10. The number of rotatable bonds is 2. The SMILES string of the molecule is NC1CCCCCC1NC(=O)C1CCCc2sccc21. The summed E-state index contributed by atoms with van der Waals surface area (Å²) in [6, 6.07) is 2.44. The second-order valence-electron chi connectivity index (χ2n) is 6.16. The minimum absolute atomic E-state index is 0.0560. The molecule has 1 saturated carbocycles. The lowest BCUT2D eigenvalue weighted by Gasteiger charge is -2.27. The lowest BCUT2D eigenvalue weighted by atomic mass is 9.86. The Morgan fingerprint density at radius 1 is 1.20 bits per heavy atom. The first kappa shape index (κ1) is 14.1. The van der Waals surface area contributed by atoms with Crippen molar-refractivity contribution in [1.82, 2.24) is 5.32 Å². The molecule has 1 aromatic rings. The van der Waals surface area contributed by atoms with Crippen LogP contribution in [0.1, 0.15) is 61.3 Å². The highest BCUT2D eigenvalue weighted by Crippen LogP contribution is 2.35. The lowest BCUT2D eigenvalue weighted by Crippen LogP contribution is -2.48. The molecule has 3 N–H and O–H groups in total. The summed E-state index contributed by atoms with van der Waals surface area (Å²) in [5, 5.41) is 5.37. The van der Waals surface area contributed by atoms with Crippen molar-refractivity contribution in [3.05, 3.63) is 21.9 Å². The minimum atomic E-state index is 0.0560. The molecule has 0 aliphatic heterocycles. The van der Waals surface area contributed by atoms with Gasteiger partial charge in [-0.25, -0.2) is 0 Å². The van der Waals surface area contributed by atoms with Crippen LogP contribution in [0.25, 0.3) is 0 Å². The summed E-state index contributed by atoms with van der Waals surface area (Å²) in [5.74, 6) is 0.257. The van der Waals surface area contributed by atoms with Crippen LogP contribution in [0.4, 0.5) is 0 Å². The van der Waals surface area contributed by atoms with E-state index in [-0.39, 0.29) is 23.9 Å². The van der Waals surface area contributed by atoms with Crippen LogP contribution in [0.3, 0.4) is 0 Å². The number of nitrogens with one attached hydrogen (secondary N) is 1. The first-order valence-corrected chi connectivity index (χ1v) is 8.76. The second-order valence-corrected chi connectivity index (χ2v) is 7.16. The third-order valence-electron chi connectivity index (χ3n) is 4.77. The van der Waals surface area contributed by atoms with E-state index in [1.165, 1.54) is 29.7 Å². The second kappa shape index (κ2) is 6.27. The molecule has 3 rings (SSSR count). The third-order valence-corrected chi connectivity index (χ3v) is 5.76. The van der Waals surface area contributed by atoms with Gasteiger partial charge < -0.3 is 11.1 Å². The standard InChI is InChI=1S/C16H24N2OS/c17-13-6-2-1-3-7-14(13)18-16(19)12-5-4-8-15-11(12)9-10-20-15/h9-10,12-14H,1-8,17H2,(H,18,19). The van der Waals surface area contributed by atoms with Crippen molar-refractivity contribution in [3.63, 3.8) is 0 Å². The zero-order chi connectivity index (χ0) is 13.9. The van der Waals surface area contributed by atoms with E-state index >= 15 is 0 Å².